The van der Waals surface area contributed by atoms with Crippen molar-refractivity contribution < 1.29 is 19.7 Å². The lowest BCUT2D eigenvalue weighted by Crippen LogP contribution is -2.37. The number of carboxylic acids is 1. The standard InChI is InChI=1S/C25H24ClNO4S.ClH/c26-19-3-1-2-17(12-19)23(28)15-27-20-6-4-16-5-7-21(14-18(16)13-20)31-25-11-9-22(32-25)8-10-24(29)30;/h1-3,5,7-12,14,20,23,27-28H,4,6,13,15H2,(H,29,30);1H/b10-8+;/t20-,23-;/m0./s1. The van der Waals surface area contributed by atoms with Crippen LogP contribution in [0.15, 0.2) is 60.7 Å². The second-order valence-corrected chi connectivity index (χ2v) is 9.29. The average Bonchev–Trinajstić information content (AvgIpc) is 3.23. The van der Waals surface area contributed by atoms with E-state index >= 15 is 0 Å². The fourth-order valence-corrected chi connectivity index (χ4v) is 4.81. The molecule has 3 aromatic rings. The van der Waals surface area contributed by atoms with Gasteiger partial charge in [-0.1, -0.05) is 41.1 Å². The highest BCUT2D eigenvalue weighted by molar-refractivity contribution is 7.14. The summed E-state index contributed by atoms with van der Waals surface area (Å²) in [5, 5.41) is 24.0. The average molecular weight is 506 g/mol. The highest BCUT2D eigenvalue weighted by Crippen LogP contribution is 2.33. The van der Waals surface area contributed by atoms with Gasteiger partial charge in [0.2, 0.25) is 0 Å². The molecule has 0 spiro atoms. The summed E-state index contributed by atoms with van der Waals surface area (Å²) < 4.78 is 6.00. The van der Waals surface area contributed by atoms with Gasteiger partial charge in [-0.3, -0.25) is 0 Å². The van der Waals surface area contributed by atoms with Crippen LogP contribution in [-0.4, -0.2) is 28.8 Å². The summed E-state index contributed by atoms with van der Waals surface area (Å²) in [7, 11) is 0. The van der Waals surface area contributed by atoms with Gasteiger partial charge in [0.15, 0.2) is 5.06 Å². The summed E-state index contributed by atoms with van der Waals surface area (Å²) in [4.78, 5) is 11.5. The molecule has 2 atom stereocenters. The van der Waals surface area contributed by atoms with E-state index < -0.39 is 12.1 Å². The molecule has 4 rings (SSSR count). The van der Waals surface area contributed by atoms with Crippen molar-refractivity contribution in [1.29, 1.82) is 0 Å². The number of thiophene rings is 1. The van der Waals surface area contributed by atoms with Crippen LogP contribution in [0, 0.1) is 0 Å². The number of aliphatic carboxylic acids is 1. The van der Waals surface area contributed by atoms with Crippen molar-refractivity contribution in [2.45, 2.75) is 31.4 Å². The predicted octanol–water partition coefficient (Wildman–Crippen LogP) is 5.89. The van der Waals surface area contributed by atoms with E-state index in [0.717, 1.165) is 41.5 Å². The van der Waals surface area contributed by atoms with E-state index in [0.29, 0.717) is 16.6 Å². The van der Waals surface area contributed by atoms with Gasteiger partial charge in [-0.05, 0) is 78.4 Å². The number of carbonyl (C=O) groups is 1. The van der Waals surface area contributed by atoms with E-state index in [9.17, 15) is 9.90 Å². The number of aliphatic hydroxyl groups excluding tert-OH is 1. The maximum absolute atomic E-state index is 10.7. The lowest BCUT2D eigenvalue weighted by molar-refractivity contribution is -0.131. The molecule has 0 fully saturated rings. The van der Waals surface area contributed by atoms with Gasteiger partial charge in [-0.2, -0.15) is 0 Å². The largest absolute Gasteiger partial charge is 0.478 e. The quantitative estimate of drug-likeness (QED) is 0.332. The molecule has 0 saturated carbocycles. The number of aryl methyl sites for hydroxylation is 1. The maximum Gasteiger partial charge on any atom is 0.328 e. The summed E-state index contributed by atoms with van der Waals surface area (Å²) in [5.74, 6) is -0.210. The number of benzene rings is 2. The molecule has 0 amide bonds. The smallest absolute Gasteiger partial charge is 0.328 e. The van der Waals surface area contributed by atoms with E-state index in [1.54, 1.807) is 18.2 Å². The van der Waals surface area contributed by atoms with Crippen molar-refractivity contribution in [3.05, 3.63) is 87.3 Å². The summed E-state index contributed by atoms with van der Waals surface area (Å²) in [5.41, 5.74) is 3.37. The molecule has 0 bridgehead atoms. The van der Waals surface area contributed by atoms with Crippen LogP contribution in [0.25, 0.3) is 6.08 Å². The molecule has 8 heteroatoms. The van der Waals surface area contributed by atoms with E-state index in [-0.39, 0.29) is 18.4 Å². The molecule has 1 aliphatic rings. The molecule has 2 aromatic carbocycles. The Morgan fingerprint density at radius 2 is 2.06 bits per heavy atom. The number of ether oxygens (including phenoxy) is 1. The second-order valence-electron chi connectivity index (χ2n) is 7.78. The minimum atomic E-state index is -0.973. The first-order valence-corrected chi connectivity index (χ1v) is 11.6. The third kappa shape index (κ3) is 7.06. The number of nitrogens with one attached hydrogen (secondary N) is 1. The lowest BCUT2D eigenvalue weighted by atomic mass is 9.88. The van der Waals surface area contributed by atoms with Crippen LogP contribution < -0.4 is 10.1 Å². The Kier molecular flexibility index (Phi) is 8.95. The van der Waals surface area contributed by atoms with Crippen LogP contribution >= 0.6 is 35.3 Å². The number of aliphatic hydroxyl groups is 1. The number of fused-ring (bicyclic) bond motifs is 1. The summed E-state index contributed by atoms with van der Waals surface area (Å²) in [6.45, 7) is 0.471. The van der Waals surface area contributed by atoms with Crippen LogP contribution in [0.2, 0.25) is 5.02 Å². The molecule has 3 N–H and O–H groups in total. The fraction of sp³-hybridized carbons (Fsp3) is 0.240. The van der Waals surface area contributed by atoms with Gasteiger partial charge in [-0.15, -0.1) is 12.4 Å². The maximum atomic E-state index is 10.7. The van der Waals surface area contributed by atoms with E-state index in [1.807, 2.05) is 30.3 Å². The van der Waals surface area contributed by atoms with Gasteiger partial charge in [0.25, 0.3) is 0 Å². The summed E-state index contributed by atoms with van der Waals surface area (Å²) in [6, 6.07) is 17.4. The summed E-state index contributed by atoms with van der Waals surface area (Å²) >= 11 is 7.42. The molecule has 1 aromatic heterocycles. The molecule has 5 nitrogen and oxygen atoms in total. The zero-order valence-electron chi connectivity index (χ0n) is 17.7. The summed E-state index contributed by atoms with van der Waals surface area (Å²) in [6.07, 6.45) is 4.92. The monoisotopic (exact) mass is 505 g/mol. The van der Waals surface area contributed by atoms with Crippen LogP contribution in [0.5, 0.6) is 10.8 Å². The third-order valence-corrected chi connectivity index (χ3v) is 6.61. The van der Waals surface area contributed by atoms with Crippen molar-refractivity contribution in [2.24, 2.45) is 0 Å². The van der Waals surface area contributed by atoms with Crippen LogP contribution in [0.1, 0.15) is 34.1 Å². The second kappa shape index (κ2) is 11.7. The van der Waals surface area contributed by atoms with Crippen molar-refractivity contribution in [1.82, 2.24) is 5.32 Å². The van der Waals surface area contributed by atoms with Gasteiger partial charge < -0.3 is 20.3 Å². The van der Waals surface area contributed by atoms with Crippen LogP contribution in [0.4, 0.5) is 0 Å². The molecular weight excluding hydrogens is 481 g/mol. The zero-order chi connectivity index (χ0) is 22.5. The Bertz CT molecular complexity index is 1130. The van der Waals surface area contributed by atoms with Crippen molar-refractivity contribution >= 4 is 47.4 Å². The SMILES string of the molecule is Cl.O=C(O)/C=C/c1ccc(Oc2ccc3c(c2)C[C@@H](NC[C@H](O)c2cccc(Cl)c2)CC3)s1. The normalized spacial score (nSPS) is 16.1. The third-order valence-electron chi connectivity index (χ3n) is 5.45. The van der Waals surface area contributed by atoms with Gasteiger partial charge in [0.1, 0.15) is 5.75 Å². The highest BCUT2D eigenvalue weighted by atomic mass is 35.5. The van der Waals surface area contributed by atoms with Gasteiger partial charge >= 0.3 is 5.97 Å². The van der Waals surface area contributed by atoms with E-state index in [4.69, 9.17) is 21.4 Å². The van der Waals surface area contributed by atoms with Gasteiger partial charge in [0, 0.05) is 28.6 Å². The zero-order valence-corrected chi connectivity index (χ0v) is 20.1. The molecule has 174 valence electrons. The number of halogens is 2. The van der Waals surface area contributed by atoms with Crippen LogP contribution in [0.3, 0.4) is 0 Å². The molecule has 33 heavy (non-hydrogen) atoms. The van der Waals surface area contributed by atoms with Gasteiger partial charge in [0.05, 0.1) is 6.10 Å². The van der Waals surface area contributed by atoms with Crippen LogP contribution in [-0.2, 0) is 17.6 Å². The molecule has 0 aliphatic heterocycles. The molecule has 1 heterocycles. The number of carboxylic acid groups (broad SMARTS) is 1. The first-order chi connectivity index (χ1) is 15.5. The number of hydrogen-bond donors (Lipinski definition) is 3. The Morgan fingerprint density at radius 3 is 2.85 bits per heavy atom. The Balaban J connectivity index is 0.00000306. The van der Waals surface area contributed by atoms with Crippen molar-refractivity contribution in [3.8, 4) is 10.8 Å². The molecule has 1 aliphatic carbocycles. The Labute approximate surface area is 208 Å². The van der Waals surface area contributed by atoms with E-state index in [2.05, 4.69) is 17.4 Å². The van der Waals surface area contributed by atoms with E-state index in [1.165, 1.54) is 22.5 Å². The van der Waals surface area contributed by atoms with Gasteiger partial charge in [-0.25, -0.2) is 4.79 Å². The minimum Gasteiger partial charge on any atom is -0.478 e. The first kappa shape index (κ1) is 25.3. The minimum absolute atomic E-state index is 0. The first-order valence-electron chi connectivity index (χ1n) is 10.4. The number of hydrogen-bond acceptors (Lipinski definition) is 5. The molecule has 0 unspecified atom stereocenters. The molecular formula is C25H25Cl2NO4S. The topological polar surface area (TPSA) is 78.8 Å². The Hall–Kier alpha value is -2.35. The highest BCUT2D eigenvalue weighted by Gasteiger charge is 2.20. The Morgan fingerprint density at radius 1 is 1.21 bits per heavy atom. The predicted molar refractivity (Wildman–Crippen MR) is 135 cm³/mol. The molecule has 0 saturated heterocycles. The van der Waals surface area contributed by atoms with Crippen molar-refractivity contribution in [2.75, 3.05) is 6.54 Å². The lowest BCUT2D eigenvalue weighted by Gasteiger charge is -2.27. The number of rotatable bonds is 8. The fourth-order valence-electron chi connectivity index (χ4n) is 3.83. The molecule has 0 radical (unpaired) electrons. The van der Waals surface area contributed by atoms with Crippen molar-refractivity contribution in [3.63, 3.8) is 0 Å².